The number of rotatable bonds is 8. The molecule has 0 saturated heterocycles. The maximum absolute atomic E-state index is 13.7. The minimum Gasteiger partial charge on any atom is -0.490 e. The highest BCUT2D eigenvalue weighted by Crippen LogP contribution is 2.36. The molecular formula is C27H27ClN2O5S. The van der Waals surface area contributed by atoms with Gasteiger partial charge in [0.2, 0.25) is 0 Å². The summed E-state index contributed by atoms with van der Waals surface area (Å²) in [5, 5.41) is 0.538. The van der Waals surface area contributed by atoms with Crippen LogP contribution in [-0.4, -0.2) is 30.4 Å². The number of allylic oxidation sites excluding steroid dienone is 1. The molecule has 36 heavy (non-hydrogen) atoms. The number of aromatic nitrogens is 1. The number of hydrogen-bond acceptors (Lipinski definition) is 7. The third-order valence-electron chi connectivity index (χ3n) is 5.59. The van der Waals surface area contributed by atoms with E-state index in [9.17, 15) is 9.59 Å². The molecule has 0 fully saturated rings. The molecule has 188 valence electrons. The summed E-state index contributed by atoms with van der Waals surface area (Å²) in [7, 11) is 0. The SMILES string of the molecule is CCOC(=O)C1=C(C)N=c2s/c(=C\c3ccccc3Cl)c(=O)n2[C@H]1c1ccc(OCC)c(OCC)c1. The molecule has 0 amide bonds. The number of carbonyl (C=O) groups excluding carboxylic acids is 1. The number of benzene rings is 2. The summed E-state index contributed by atoms with van der Waals surface area (Å²) in [6.07, 6.45) is 1.75. The van der Waals surface area contributed by atoms with Crippen LogP contribution in [-0.2, 0) is 9.53 Å². The van der Waals surface area contributed by atoms with Crippen molar-refractivity contribution in [3.8, 4) is 11.5 Å². The number of nitrogens with zero attached hydrogens (tertiary/aromatic N) is 2. The largest absolute Gasteiger partial charge is 0.490 e. The summed E-state index contributed by atoms with van der Waals surface area (Å²) in [5.41, 5.74) is 1.94. The van der Waals surface area contributed by atoms with Gasteiger partial charge < -0.3 is 14.2 Å². The van der Waals surface area contributed by atoms with Crippen molar-refractivity contribution in [2.75, 3.05) is 19.8 Å². The van der Waals surface area contributed by atoms with Crippen LogP contribution in [0.15, 0.2) is 63.5 Å². The van der Waals surface area contributed by atoms with Crippen LogP contribution in [0.4, 0.5) is 0 Å². The molecule has 9 heteroatoms. The molecule has 3 aromatic rings. The van der Waals surface area contributed by atoms with Crippen LogP contribution in [0, 0.1) is 0 Å². The maximum Gasteiger partial charge on any atom is 0.338 e. The number of esters is 1. The molecule has 2 aromatic carbocycles. The predicted molar refractivity (Wildman–Crippen MR) is 141 cm³/mol. The van der Waals surface area contributed by atoms with Gasteiger partial charge in [0.25, 0.3) is 5.56 Å². The Labute approximate surface area is 217 Å². The second kappa shape index (κ2) is 11.1. The van der Waals surface area contributed by atoms with Gasteiger partial charge in [-0.25, -0.2) is 9.79 Å². The van der Waals surface area contributed by atoms with Crippen molar-refractivity contribution in [1.29, 1.82) is 0 Å². The molecule has 4 rings (SSSR count). The molecule has 0 bridgehead atoms. The second-order valence-corrected chi connectivity index (χ2v) is 9.31. The molecule has 1 aliphatic rings. The molecule has 0 spiro atoms. The van der Waals surface area contributed by atoms with Gasteiger partial charge >= 0.3 is 5.97 Å². The Kier molecular flexibility index (Phi) is 7.96. The van der Waals surface area contributed by atoms with E-state index in [4.69, 9.17) is 25.8 Å². The predicted octanol–water partition coefficient (Wildman–Crippen LogP) is 4.25. The standard InChI is InChI=1S/C27H27ClN2O5S/c1-5-33-20-13-12-18(14-21(20)34-6-2)24-23(26(32)35-7-3)16(4)29-27-30(24)25(31)22(36-27)15-17-10-8-9-11-19(17)28/h8-15,24H,5-7H2,1-4H3/b22-15-/t24-/m0/s1. The summed E-state index contributed by atoms with van der Waals surface area (Å²) in [6.45, 7) is 8.38. The number of hydrogen-bond donors (Lipinski definition) is 0. The molecule has 1 aliphatic heterocycles. The lowest BCUT2D eigenvalue weighted by Gasteiger charge is -2.25. The van der Waals surface area contributed by atoms with Crippen LogP contribution in [0.5, 0.6) is 11.5 Å². The van der Waals surface area contributed by atoms with Gasteiger partial charge in [-0.05, 0) is 63.1 Å². The fourth-order valence-electron chi connectivity index (χ4n) is 4.08. The van der Waals surface area contributed by atoms with Gasteiger partial charge in [-0.15, -0.1) is 0 Å². The molecule has 2 heterocycles. The van der Waals surface area contributed by atoms with Gasteiger partial charge in [-0.1, -0.05) is 47.2 Å². The van der Waals surface area contributed by atoms with Crippen LogP contribution >= 0.6 is 22.9 Å². The maximum atomic E-state index is 13.7. The lowest BCUT2D eigenvalue weighted by Crippen LogP contribution is -2.40. The highest BCUT2D eigenvalue weighted by Gasteiger charge is 2.34. The first-order chi connectivity index (χ1) is 17.4. The van der Waals surface area contributed by atoms with E-state index < -0.39 is 12.0 Å². The summed E-state index contributed by atoms with van der Waals surface area (Å²) in [6, 6.07) is 12.0. The van der Waals surface area contributed by atoms with Gasteiger partial charge in [0.05, 0.1) is 41.7 Å². The van der Waals surface area contributed by atoms with E-state index in [1.807, 2.05) is 44.2 Å². The second-order valence-electron chi connectivity index (χ2n) is 7.90. The third-order valence-corrected chi connectivity index (χ3v) is 6.92. The molecule has 1 atom stereocenters. The molecule has 7 nitrogen and oxygen atoms in total. The lowest BCUT2D eigenvalue weighted by molar-refractivity contribution is -0.139. The minimum atomic E-state index is -0.747. The van der Waals surface area contributed by atoms with Crippen molar-refractivity contribution in [3.63, 3.8) is 0 Å². The fraction of sp³-hybridized carbons (Fsp3) is 0.296. The average molecular weight is 527 g/mol. The molecule has 0 aliphatic carbocycles. The Hall–Kier alpha value is -3.36. The van der Waals surface area contributed by atoms with E-state index >= 15 is 0 Å². The van der Waals surface area contributed by atoms with Crippen molar-refractivity contribution in [2.45, 2.75) is 33.7 Å². The van der Waals surface area contributed by atoms with Crippen LogP contribution in [0.2, 0.25) is 5.02 Å². The minimum absolute atomic E-state index is 0.201. The molecule has 0 saturated carbocycles. The Morgan fingerprint density at radius 3 is 2.50 bits per heavy atom. The summed E-state index contributed by atoms with van der Waals surface area (Å²) < 4.78 is 18.9. The third kappa shape index (κ3) is 4.96. The first kappa shape index (κ1) is 25.7. The van der Waals surface area contributed by atoms with Crippen LogP contribution in [0.25, 0.3) is 6.08 Å². The molecule has 1 aromatic heterocycles. The summed E-state index contributed by atoms with van der Waals surface area (Å²) in [5.74, 6) is 0.608. The van der Waals surface area contributed by atoms with Crippen LogP contribution < -0.4 is 24.4 Å². The molecule has 0 N–H and O–H groups in total. The van der Waals surface area contributed by atoms with E-state index in [0.717, 1.165) is 5.56 Å². The van der Waals surface area contributed by atoms with Gasteiger partial charge in [-0.2, -0.15) is 0 Å². The number of halogens is 1. The number of carbonyl (C=O) groups is 1. The van der Waals surface area contributed by atoms with Crippen LogP contribution in [0.3, 0.4) is 0 Å². The number of thiazole rings is 1. The highest BCUT2D eigenvalue weighted by atomic mass is 35.5. The van der Waals surface area contributed by atoms with Crippen molar-refractivity contribution in [2.24, 2.45) is 4.99 Å². The number of ether oxygens (including phenoxy) is 3. The normalized spacial score (nSPS) is 15.4. The van der Waals surface area contributed by atoms with E-state index in [2.05, 4.69) is 4.99 Å². The first-order valence-electron chi connectivity index (χ1n) is 11.7. The Bertz CT molecular complexity index is 1510. The zero-order chi connectivity index (χ0) is 25.8. The quantitative estimate of drug-likeness (QED) is 0.410. The Balaban J connectivity index is 1.97. The number of fused-ring (bicyclic) bond motifs is 1. The lowest BCUT2D eigenvalue weighted by atomic mass is 9.95. The van der Waals surface area contributed by atoms with E-state index in [0.29, 0.717) is 55.9 Å². The highest BCUT2D eigenvalue weighted by molar-refractivity contribution is 7.07. The first-order valence-corrected chi connectivity index (χ1v) is 12.9. The Morgan fingerprint density at radius 1 is 1.08 bits per heavy atom. The fourth-order valence-corrected chi connectivity index (χ4v) is 5.31. The van der Waals surface area contributed by atoms with Crippen molar-refractivity contribution in [1.82, 2.24) is 4.57 Å². The van der Waals surface area contributed by atoms with Crippen molar-refractivity contribution < 1.29 is 19.0 Å². The van der Waals surface area contributed by atoms with E-state index in [1.54, 1.807) is 32.1 Å². The van der Waals surface area contributed by atoms with Crippen molar-refractivity contribution >= 4 is 35.0 Å². The van der Waals surface area contributed by atoms with Gasteiger partial charge in [0, 0.05) is 5.02 Å². The molecule has 0 unspecified atom stereocenters. The van der Waals surface area contributed by atoms with E-state index in [-0.39, 0.29) is 12.2 Å². The van der Waals surface area contributed by atoms with Gasteiger partial charge in [0.15, 0.2) is 16.3 Å². The summed E-state index contributed by atoms with van der Waals surface area (Å²) in [4.78, 5) is 31.9. The van der Waals surface area contributed by atoms with Crippen molar-refractivity contribution in [3.05, 3.63) is 89.6 Å². The molecular weight excluding hydrogens is 500 g/mol. The van der Waals surface area contributed by atoms with E-state index in [1.165, 1.54) is 15.9 Å². The Morgan fingerprint density at radius 2 is 1.81 bits per heavy atom. The van der Waals surface area contributed by atoms with Gasteiger partial charge in [-0.3, -0.25) is 9.36 Å². The zero-order valence-corrected chi connectivity index (χ0v) is 22.1. The molecule has 0 radical (unpaired) electrons. The smallest absolute Gasteiger partial charge is 0.338 e. The topological polar surface area (TPSA) is 79.1 Å². The summed E-state index contributed by atoms with van der Waals surface area (Å²) >= 11 is 7.58. The zero-order valence-electron chi connectivity index (χ0n) is 20.5. The van der Waals surface area contributed by atoms with Gasteiger partial charge in [0.1, 0.15) is 0 Å². The van der Waals surface area contributed by atoms with Crippen LogP contribution in [0.1, 0.15) is 44.9 Å². The average Bonchev–Trinajstić information content (AvgIpc) is 3.15. The monoisotopic (exact) mass is 526 g/mol.